The highest BCUT2D eigenvalue weighted by Gasteiger charge is 2.10. The standard InChI is InChI=1S/C18H14ClN3O/c1-2-23-17-8-7-14(19)10-12(17)9-13(11-20)18-21-15-5-3-4-6-16(15)22-18/h3-10H,2H2,1H3,(H,21,22)/b13-9+. The molecule has 0 bridgehead atoms. The summed E-state index contributed by atoms with van der Waals surface area (Å²) >= 11 is 6.06. The van der Waals surface area contributed by atoms with Gasteiger partial charge in [-0.15, -0.1) is 0 Å². The molecule has 3 aromatic rings. The molecule has 0 unspecified atom stereocenters. The molecule has 3 rings (SSSR count). The van der Waals surface area contributed by atoms with Gasteiger partial charge in [0.25, 0.3) is 0 Å². The fraction of sp³-hybridized carbons (Fsp3) is 0.111. The van der Waals surface area contributed by atoms with Crippen molar-refractivity contribution in [1.82, 2.24) is 9.97 Å². The van der Waals surface area contributed by atoms with Crippen LogP contribution in [0.25, 0.3) is 22.7 Å². The molecule has 1 N–H and O–H groups in total. The number of fused-ring (bicyclic) bond motifs is 1. The molecule has 23 heavy (non-hydrogen) atoms. The van der Waals surface area contributed by atoms with Crippen LogP contribution in [0.1, 0.15) is 18.3 Å². The number of para-hydroxylation sites is 2. The first-order valence-corrected chi connectivity index (χ1v) is 7.58. The van der Waals surface area contributed by atoms with Crippen LogP contribution in [-0.2, 0) is 0 Å². The molecular formula is C18H14ClN3O. The summed E-state index contributed by atoms with van der Waals surface area (Å²) in [6.45, 7) is 2.45. The molecule has 0 saturated carbocycles. The fourth-order valence-corrected chi connectivity index (χ4v) is 2.49. The lowest BCUT2D eigenvalue weighted by molar-refractivity contribution is 0.339. The number of hydrogen-bond acceptors (Lipinski definition) is 3. The highest BCUT2D eigenvalue weighted by atomic mass is 35.5. The number of hydrogen-bond donors (Lipinski definition) is 1. The molecule has 0 radical (unpaired) electrons. The van der Waals surface area contributed by atoms with Crippen LogP contribution < -0.4 is 4.74 Å². The normalized spacial score (nSPS) is 11.4. The van der Waals surface area contributed by atoms with E-state index in [1.165, 1.54) is 0 Å². The molecule has 0 aliphatic rings. The van der Waals surface area contributed by atoms with Crippen molar-refractivity contribution in [2.45, 2.75) is 6.92 Å². The monoisotopic (exact) mass is 323 g/mol. The quantitative estimate of drug-likeness (QED) is 0.709. The van der Waals surface area contributed by atoms with Crippen LogP contribution in [0.4, 0.5) is 0 Å². The number of nitriles is 1. The lowest BCUT2D eigenvalue weighted by Crippen LogP contribution is -1.94. The number of aromatic amines is 1. The van der Waals surface area contributed by atoms with Crippen LogP contribution >= 0.6 is 11.6 Å². The highest BCUT2D eigenvalue weighted by Crippen LogP contribution is 2.27. The molecule has 0 saturated heterocycles. The van der Waals surface area contributed by atoms with Gasteiger partial charge in [0.1, 0.15) is 17.6 Å². The van der Waals surface area contributed by atoms with Crippen LogP contribution in [0.3, 0.4) is 0 Å². The number of rotatable bonds is 4. The zero-order chi connectivity index (χ0) is 16.2. The Bertz CT molecular complexity index is 888. The Labute approximate surface area is 139 Å². The average molecular weight is 324 g/mol. The van der Waals surface area contributed by atoms with E-state index in [-0.39, 0.29) is 0 Å². The number of H-pyrrole nitrogens is 1. The van der Waals surface area contributed by atoms with E-state index in [1.54, 1.807) is 24.3 Å². The fourth-order valence-electron chi connectivity index (χ4n) is 2.31. The molecule has 1 heterocycles. The van der Waals surface area contributed by atoms with Crippen LogP contribution in [0.2, 0.25) is 5.02 Å². The minimum absolute atomic E-state index is 0.421. The third kappa shape index (κ3) is 3.20. The zero-order valence-electron chi connectivity index (χ0n) is 12.5. The van der Waals surface area contributed by atoms with E-state index in [4.69, 9.17) is 16.3 Å². The summed E-state index contributed by atoms with van der Waals surface area (Å²) in [7, 11) is 0. The van der Waals surface area contributed by atoms with Gasteiger partial charge < -0.3 is 9.72 Å². The Morgan fingerprint density at radius 1 is 1.35 bits per heavy atom. The highest BCUT2D eigenvalue weighted by molar-refractivity contribution is 6.30. The lowest BCUT2D eigenvalue weighted by Gasteiger charge is -2.07. The summed E-state index contributed by atoms with van der Waals surface area (Å²) in [5.74, 6) is 1.21. The predicted octanol–water partition coefficient (Wildman–Crippen LogP) is 4.68. The van der Waals surface area contributed by atoms with Gasteiger partial charge in [-0.25, -0.2) is 4.98 Å². The first-order valence-electron chi connectivity index (χ1n) is 7.20. The van der Waals surface area contributed by atoms with Crippen molar-refractivity contribution in [3.05, 3.63) is 58.9 Å². The van der Waals surface area contributed by atoms with Gasteiger partial charge in [-0.3, -0.25) is 0 Å². The number of halogens is 1. The van der Waals surface area contributed by atoms with Crippen LogP contribution in [-0.4, -0.2) is 16.6 Å². The molecule has 0 amide bonds. The van der Waals surface area contributed by atoms with Crippen molar-refractivity contribution in [1.29, 1.82) is 5.26 Å². The molecule has 0 spiro atoms. The van der Waals surface area contributed by atoms with Gasteiger partial charge in [0.15, 0.2) is 0 Å². The van der Waals surface area contributed by atoms with Crippen molar-refractivity contribution in [3.8, 4) is 11.8 Å². The van der Waals surface area contributed by atoms with Crippen LogP contribution in [0.5, 0.6) is 5.75 Å². The molecule has 4 nitrogen and oxygen atoms in total. The van der Waals surface area contributed by atoms with E-state index in [2.05, 4.69) is 16.0 Å². The van der Waals surface area contributed by atoms with Gasteiger partial charge in [-0.2, -0.15) is 5.26 Å². The van der Waals surface area contributed by atoms with E-state index < -0.39 is 0 Å². The Kier molecular flexibility index (Phi) is 4.31. The maximum atomic E-state index is 9.50. The zero-order valence-corrected chi connectivity index (χ0v) is 13.3. The molecule has 0 fully saturated rings. The second kappa shape index (κ2) is 6.55. The van der Waals surface area contributed by atoms with Gasteiger partial charge >= 0.3 is 0 Å². The Morgan fingerprint density at radius 3 is 2.91 bits per heavy atom. The van der Waals surface area contributed by atoms with Gasteiger partial charge in [-0.1, -0.05) is 23.7 Å². The summed E-state index contributed by atoms with van der Waals surface area (Å²) in [5, 5.41) is 10.1. The van der Waals surface area contributed by atoms with Crippen molar-refractivity contribution < 1.29 is 4.74 Å². The Morgan fingerprint density at radius 2 is 2.17 bits per heavy atom. The second-order valence-electron chi connectivity index (χ2n) is 4.89. The Hall–Kier alpha value is -2.77. The molecule has 1 aromatic heterocycles. The van der Waals surface area contributed by atoms with Gasteiger partial charge in [0.05, 0.1) is 23.2 Å². The number of imidazole rings is 1. The summed E-state index contributed by atoms with van der Waals surface area (Å²) in [4.78, 5) is 7.62. The molecule has 5 heteroatoms. The molecular weight excluding hydrogens is 310 g/mol. The second-order valence-corrected chi connectivity index (χ2v) is 5.32. The number of aromatic nitrogens is 2. The van der Waals surface area contributed by atoms with E-state index in [9.17, 15) is 5.26 Å². The smallest absolute Gasteiger partial charge is 0.149 e. The van der Waals surface area contributed by atoms with Crippen LogP contribution in [0, 0.1) is 11.3 Å². The van der Waals surface area contributed by atoms with Crippen molar-refractivity contribution in [2.75, 3.05) is 6.61 Å². The molecule has 114 valence electrons. The van der Waals surface area contributed by atoms with E-state index in [1.807, 2.05) is 31.2 Å². The van der Waals surface area contributed by atoms with E-state index >= 15 is 0 Å². The topological polar surface area (TPSA) is 61.7 Å². The summed E-state index contributed by atoms with van der Waals surface area (Å²) in [6.07, 6.45) is 1.73. The third-order valence-corrected chi connectivity index (χ3v) is 3.57. The van der Waals surface area contributed by atoms with Crippen molar-refractivity contribution in [2.24, 2.45) is 0 Å². The third-order valence-electron chi connectivity index (χ3n) is 3.34. The van der Waals surface area contributed by atoms with E-state index in [0.717, 1.165) is 16.6 Å². The maximum Gasteiger partial charge on any atom is 0.149 e. The SMILES string of the molecule is CCOc1ccc(Cl)cc1/C=C(\C#N)c1nc2ccccc2[nH]1. The summed E-state index contributed by atoms with van der Waals surface area (Å²) in [5.41, 5.74) is 2.88. The van der Waals surface area contributed by atoms with E-state index in [0.29, 0.717) is 28.8 Å². The Balaban J connectivity index is 2.08. The first kappa shape index (κ1) is 15.1. The number of nitrogens with one attached hydrogen (secondary N) is 1. The molecule has 0 aliphatic carbocycles. The molecule has 0 aliphatic heterocycles. The lowest BCUT2D eigenvalue weighted by atomic mass is 10.1. The van der Waals surface area contributed by atoms with Gasteiger partial charge in [-0.05, 0) is 43.3 Å². The van der Waals surface area contributed by atoms with Gasteiger partial charge in [0.2, 0.25) is 0 Å². The maximum absolute atomic E-state index is 9.50. The average Bonchev–Trinajstić information content (AvgIpc) is 2.98. The molecule has 0 atom stereocenters. The number of nitrogens with zero attached hydrogens (tertiary/aromatic N) is 2. The first-order chi connectivity index (χ1) is 11.2. The summed E-state index contributed by atoms with van der Waals surface area (Å²) < 4.78 is 5.59. The largest absolute Gasteiger partial charge is 0.493 e. The van der Waals surface area contributed by atoms with Crippen LogP contribution in [0.15, 0.2) is 42.5 Å². The number of allylic oxidation sites excluding steroid dienone is 1. The van der Waals surface area contributed by atoms with Gasteiger partial charge in [0, 0.05) is 10.6 Å². The van der Waals surface area contributed by atoms with Crippen molar-refractivity contribution in [3.63, 3.8) is 0 Å². The summed E-state index contributed by atoms with van der Waals surface area (Å²) in [6, 6.07) is 15.2. The predicted molar refractivity (Wildman–Crippen MR) is 92.2 cm³/mol. The van der Waals surface area contributed by atoms with Crippen molar-refractivity contribution >= 4 is 34.3 Å². The number of benzene rings is 2. The molecule has 2 aromatic carbocycles. The number of ether oxygens (including phenoxy) is 1. The minimum atomic E-state index is 0.421. The minimum Gasteiger partial charge on any atom is -0.493 e.